The van der Waals surface area contributed by atoms with Crippen LogP contribution in [0.25, 0.3) is 0 Å². The standard InChI is InChI=1S/C14H19ClN4O/c1-2-5-19-6-3-11(4-7-19)18-14-12(15)8-10(9-17-14)13(16)20/h2,8-9,11H,1,3-7H2,(H2,16,20)(H,17,18). The van der Waals surface area contributed by atoms with Crippen LogP contribution < -0.4 is 11.1 Å². The number of piperidine rings is 1. The van der Waals surface area contributed by atoms with E-state index in [4.69, 9.17) is 17.3 Å². The van der Waals surface area contributed by atoms with Crippen LogP contribution in [0.2, 0.25) is 5.02 Å². The van der Waals surface area contributed by atoms with Crippen LogP contribution in [0, 0.1) is 0 Å². The number of amides is 1. The molecular formula is C14H19ClN4O. The molecule has 1 saturated heterocycles. The summed E-state index contributed by atoms with van der Waals surface area (Å²) >= 11 is 6.11. The molecule has 2 heterocycles. The maximum Gasteiger partial charge on any atom is 0.250 e. The number of pyridine rings is 1. The fraction of sp³-hybridized carbons (Fsp3) is 0.429. The first-order valence-electron chi connectivity index (χ1n) is 6.65. The molecule has 1 aromatic rings. The molecule has 0 spiro atoms. The Hall–Kier alpha value is -1.59. The predicted octanol–water partition coefficient (Wildman–Crippen LogP) is 1.90. The molecule has 1 amide bonds. The maximum atomic E-state index is 11.0. The van der Waals surface area contributed by atoms with E-state index >= 15 is 0 Å². The molecule has 20 heavy (non-hydrogen) atoms. The zero-order chi connectivity index (χ0) is 14.5. The lowest BCUT2D eigenvalue weighted by atomic mass is 10.1. The first-order valence-corrected chi connectivity index (χ1v) is 7.03. The van der Waals surface area contributed by atoms with Gasteiger partial charge in [0.1, 0.15) is 5.82 Å². The van der Waals surface area contributed by atoms with Gasteiger partial charge in [0.2, 0.25) is 5.91 Å². The molecule has 1 fully saturated rings. The first-order chi connectivity index (χ1) is 9.60. The van der Waals surface area contributed by atoms with E-state index in [9.17, 15) is 4.79 Å². The highest BCUT2D eigenvalue weighted by Crippen LogP contribution is 2.23. The van der Waals surface area contributed by atoms with Gasteiger partial charge in [0, 0.05) is 31.9 Å². The number of nitrogens with one attached hydrogen (secondary N) is 1. The lowest BCUT2D eigenvalue weighted by molar-refractivity contribution is 0.1000. The second-order valence-electron chi connectivity index (χ2n) is 4.93. The van der Waals surface area contributed by atoms with Crippen molar-refractivity contribution >= 4 is 23.3 Å². The topological polar surface area (TPSA) is 71.2 Å². The fourth-order valence-electron chi connectivity index (χ4n) is 2.31. The molecule has 6 heteroatoms. The Morgan fingerprint density at radius 2 is 2.30 bits per heavy atom. The Morgan fingerprint density at radius 1 is 1.60 bits per heavy atom. The van der Waals surface area contributed by atoms with Gasteiger partial charge >= 0.3 is 0 Å². The molecule has 1 aliphatic rings. The number of primary amides is 1. The van der Waals surface area contributed by atoms with E-state index in [0.29, 0.717) is 22.4 Å². The third-order valence-corrected chi connectivity index (χ3v) is 3.73. The number of anilines is 1. The fourth-order valence-corrected chi connectivity index (χ4v) is 2.54. The van der Waals surface area contributed by atoms with Crippen molar-refractivity contribution in [3.63, 3.8) is 0 Å². The number of nitrogens with zero attached hydrogens (tertiary/aromatic N) is 2. The number of rotatable bonds is 5. The quantitative estimate of drug-likeness (QED) is 0.814. The van der Waals surface area contributed by atoms with Gasteiger partial charge in [-0.3, -0.25) is 9.69 Å². The van der Waals surface area contributed by atoms with Crippen LogP contribution >= 0.6 is 11.6 Å². The molecule has 0 atom stereocenters. The lowest BCUT2D eigenvalue weighted by Gasteiger charge is -2.32. The number of carbonyl (C=O) groups excluding carboxylic acids is 1. The molecule has 2 rings (SSSR count). The van der Waals surface area contributed by atoms with E-state index in [0.717, 1.165) is 32.5 Å². The smallest absolute Gasteiger partial charge is 0.250 e. The minimum absolute atomic E-state index is 0.321. The molecule has 5 nitrogen and oxygen atoms in total. The Kier molecular flexibility index (Phi) is 4.98. The summed E-state index contributed by atoms with van der Waals surface area (Å²) < 4.78 is 0. The Balaban J connectivity index is 1.94. The van der Waals surface area contributed by atoms with Crippen LogP contribution in [-0.4, -0.2) is 41.5 Å². The monoisotopic (exact) mass is 294 g/mol. The molecule has 1 aliphatic heterocycles. The van der Waals surface area contributed by atoms with Gasteiger partial charge in [-0.05, 0) is 18.9 Å². The SMILES string of the molecule is C=CCN1CCC(Nc2ncc(C(N)=O)cc2Cl)CC1. The summed E-state index contributed by atoms with van der Waals surface area (Å²) in [5, 5.41) is 3.76. The third-order valence-electron chi connectivity index (χ3n) is 3.44. The minimum Gasteiger partial charge on any atom is -0.366 e. The molecule has 0 bridgehead atoms. The van der Waals surface area contributed by atoms with Crippen LogP contribution in [-0.2, 0) is 0 Å². The summed E-state index contributed by atoms with van der Waals surface area (Å²) in [6.07, 6.45) is 5.44. The van der Waals surface area contributed by atoms with E-state index in [2.05, 4.69) is 21.8 Å². The summed E-state index contributed by atoms with van der Waals surface area (Å²) in [5.41, 5.74) is 5.51. The highest BCUT2D eigenvalue weighted by atomic mass is 35.5. The van der Waals surface area contributed by atoms with Gasteiger partial charge in [-0.15, -0.1) is 6.58 Å². The molecule has 0 aliphatic carbocycles. The number of carbonyl (C=O) groups is 1. The van der Waals surface area contributed by atoms with Crippen molar-refractivity contribution in [3.8, 4) is 0 Å². The molecule has 0 radical (unpaired) electrons. The summed E-state index contributed by atoms with van der Waals surface area (Å²) in [6, 6.07) is 1.90. The molecule has 108 valence electrons. The predicted molar refractivity (Wildman–Crippen MR) is 81.0 cm³/mol. The zero-order valence-electron chi connectivity index (χ0n) is 11.3. The molecule has 0 saturated carbocycles. The molecule has 1 aromatic heterocycles. The average molecular weight is 295 g/mol. The summed E-state index contributed by atoms with van der Waals surface area (Å²) in [5.74, 6) is 0.0857. The first kappa shape index (κ1) is 14.8. The Morgan fingerprint density at radius 3 is 2.85 bits per heavy atom. The van der Waals surface area contributed by atoms with Crippen LogP contribution in [0.4, 0.5) is 5.82 Å². The highest BCUT2D eigenvalue weighted by molar-refractivity contribution is 6.33. The van der Waals surface area contributed by atoms with Gasteiger partial charge in [0.05, 0.1) is 10.6 Å². The molecule has 3 N–H and O–H groups in total. The van der Waals surface area contributed by atoms with Crippen LogP contribution in [0.3, 0.4) is 0 Å². The van der Waals surface area contributed by atoms with E-state index < -0.39 is 5.91 Å². The van der Waals surface area contributed by atoms with Gasteiger partial charge < -0.3 is 11.1 Å². The van der Waals surface area contributed by atoms with E-state index in [-0.39, 0.29) is 0 Å². The second-order valence-corrected chi connectivity index (χ2v) is 5.33. The van der Waals surface area contributed by atoms with Crippen LogP contribution in [0.5, 0.6) is 0 Å². The summed E-state index contributed by atoms with van der Waals surface area (Å²) in [6.45, 7) is 6.74. The van der Waals surface area contributed by atoms with Crippen LogP contribution in [0.15, 0.2) is 24.9 Å². The number of nitrogens with two attached hydrogens (primary N) is 1. The largest absolute Gasteiger partial charge is 0.366 e. The van der Waals surface area contributed by atoms with Gasteiger partial charge in [0.15, 0.2) is 0 Å². The van der Waals surface area contributed by atoms with Gasteiger partial charge in [0.25, 0.3) is 0 Å². The van der Waals surface area contributed by atoms with Gasteiger partial charge in [-0.25, -0.2) is 4.98 Å². The number of hydrogen-bond donors (Lipinski definition) is 2. The van der Waals surface area contributed by atoms with Crippen molar-refractivity contribution in [1.29, 1.82) is 0 Å². The average Bonchev–Trinajstić information content (AvgIpc) is 2.43. The van der Waals surface area contributed by atoms with Crippen molar-refractivity contribution in [2.24, 2.45) is 5.73 Å². The Labute approximate surface area is 123 Å². The third kappa shape index (κ3) is 3.71. The van der Waals surface area contributed by atoms with Crippen molar-refractivity contribution < 1.29 is 4.79 Å². The van der Waals surface area contributed by atoms with E-state index in [1.807, 2.05) is 6.08 Å². The van der Waals surface area contributed by atoms with Gasteiger partial charge in [-0.2, -0.15) is 0 Å². The van der Waals surface area contributed by atoms with Crippen LogP contribution in [0.1, 0.15) is 23.2 Å². The Bertz CT molecular complexity index is 498. The molecule has 0 aromatic carbocycles. The van der Waals surface area contributed by atoms with Crippen molar-refractivity contribution in [3.05, 3.63) is 35.5 Å². The number of hydrogen-bond acceptors (Lipinski definition) is 4. The normalized spacial score (nSPS) is 16.9. The maximum absolute atomic E-state index is 11.0. The van der Waals surface area contributed by atoms with Crippen molar-refractivity contribution in [1.82, 2.24) is 9.88 Å². The second kappa shape index (κ2) is 6.72. The molecule has 0 unspecified atom stereocenters. The highest BCUT2D eigenvalue weighted by Gasteiger charge is 2.19. The summed E-state index contributed by atoms with van der Waals surface area (Å²) in [4.78, 5) is 17.6. The van der Waals surface area contributed by atoms with E-state index in [1.165, 1.54) is 6.20 Å². The minimum atomic E-state index is -0.524. The zero-order valence-corrected chi connectivity index (χ0v) is 12.1. The van der Waals surface area contributed by atoms with Crippen molar-refractivity contribution in [2.75, 3.05) is 25.0 Å². The number of halogens is 1. The number of likely N-dealkylation sites (tertiary alicyclic amines) is 1. The summed E-state index contributed by atoms with van der Waals surface area (Å²) in [7, 11) is 0. The van der Waals surface area contributed by atoms with Crippen molar-refractivity contribution in [2.45, 2.75) is 18.9 Å². The van der Waals surface area contributed by atoms with Gasteiger partial charge in [-0.1, -0.05) is 17.7 Å². The number of aromatic nitrogens is 1. The molecular weight excluding hydrogens is 276 g/mol. The lowest BCUT2D eigenvalue weighted by Crippen LogP contribution is -2.39. The van der Waals surface area contributed by atoms with E-state index in [1.54, 1.807) is 6.07 Å².